The quantitative estimate of drug-likeness (QED) is 0.340. The van der Waals surface area contributed by atoms with E-state index in [0.717, 1.165) is 12.8 Å². The minimum atomic E-state index is -1.65. The van der Waals surface area contributed by atoms with E-state index in [9.17, 15) is 15.0 Å². The van der Waals surface area contributed by atoms with Crippen LogP contribution in [0.1, 0.15) is 38.5 Å². The second-order valence-electron chi connectivity index (χ2n) is 8.60. The van der Waals surface area contributed by atoms with E-state index in [1.807, 2.05) is 0 Å². The minimum absolute atomic E-state index is 0.0762. The molecule has 0 amide bonds. The first kappa shape index (κ1) is 23.2. The predicted octanol–water partition coefficient (Wildman–Crippen LogP) is 1.12. The smallest absolute Gasteiger partial charge is 0.320 e. The Morgan fingerprint density at radius 2 is 2.16 bits per heavy atom. The van der Waals surface area contributed by atoms with Crippen LogP contribution in [-0.2, 0) is 15.3 Å². The van der Waals surface area contributed by atoms with Gasteiger partial charge in [0.2, 0.25) is 0 Å². The summed E-state index contributed by atoms with van der Waals surface area (Å²) < 4.78 is 7.27. The zero-order chi connectivity index (χ0) is 22.7. The lowest BCUT2D eigenvalue weighted by atomic mass is 9.95. The summed E-state index contributed by atoms with van der Waals surface area (Å²) in [6, 6.07) is 1.23. The Balaban J connectivity index is 1.44. The normalized spacial score (nSPS) is 27.6. The Morgan fingerprint density at radius 1 is 1.38 bits per heavy atom. The second-order valence-corrected chi connectivity index (χ2v) is 9.75. The standard InChI is InChI=1S/C21H31N5O5S/c22-14(20(28)29)7-9-32-10-16-18(27)21(30,11-31-16)26-12-24-17-15(26)6-8-23-19(17)25-13-4-2-1-3-5-13/h6,8,12-14,16,18,27,30H,1-5,7,9-11,22H2,(H,23,25)(H,28,29). The maximum Gasteiger partial charge on any atom is 0.320 e. The van der Waals surface area contributed by atoms with Crippen LogP contribution in [0.4, 0.5) is 5.82 Å². The molecule has 4 rings (SSSR count). The van der Waals surface area contributed by atoms with Gasteiger partial charge in [-0.1, -0.05) is 19.3 Å². The Morgan fingerprint density at radius 3 is 2.91 bits per heavy atom. The fourth-order valence-electron chi connectivity index (χ4n) is 4.39. The number of aromatic nitrogens is 3. The first-order valence-corrected chi connectivity index (χ1v) is 12.2. The van der Waals surface area contributed by atoms with Crippen molar-refractivity contribution in [2.24, 2.45) is 5.73 Å². The second kappa shape index (κ2) is 9.92. The van der Waals surface area contributed by atoms with E-state index >= 15 is 0 Å². The van der Waals surface area contributed by atoms with Gasteiger partial charge in [0.05, 0.1) is 24.6 Å². The van der Waals surface area contributed by atoms with E-state index in [-0.39, 0.29) is 6.61 Å². The molecular formula is C21H31N5O5S. The zero-order valence-corrected chi connectivity index (χ0v) is 18.7. The highest BCUT2D eigenvalue weighted by Crippen LogP contribution is 2.35. The van der Waals surface area contributed by atoms with Gasteiger partial charge in [0.15, 0.2) is 11.5 Å². The lowest BCUT2D eigenvalue weighted by Crippen LogP contribution is -2.46. The molecule has 32 heavy (non-hydrogen) atoms. The molecule has 1 aliphatic carbocycles. The molecule has 3 heterocycles. The molecule has 10 nitrogen and oxygen atoms in total. The molecule has 0 bridgehead atoms. The van der Waals surface area contributed by atoms with Gasteiger partial charge in [0.25, 0.3) is 0 Å². The molecule has 11 heteroatoms. The zero-order valence-electron chi connectivity index (χ0n) is 17.9. The highest BCUT2D eigenvalue weighted by molar-refractivity contribution is 7.99. The third kappa shape index (κ3) is 4.72. The Kier molecular flexibility index (Phi) is 7.21. The number of hydrogen-bond acceptors (Lipinski definition) is 9. The number of rotatable bonds is 9. The van der Waals surface area contributed by atoms with Crippen LogP contribution < -0.4 is 11.1 Å². The van der Waals surface area contributed by atoms with Gasteiger partial charge in [0, 0.05) is 18.0 Å². The Hall–Kier alpha value is -1.92. The van der Waals surface area contributed by atoms with E-state index in [0.29, 0.717) is 40.8 Å². The molecule has 1 saturated heterocycles. The average molecular weight is 466 g/mol. The number of hydrogen-bond donors (Lipinski definition) is 5. The molecule has 4 unspecified atom stereocenters. The Labute approximate surface area is 190 Å². The third-order valence-electron chi connectivity index (χ3n) is 6.34. The third-order valence-corrected chi connectivity index (χ3v) is 7.42. The van der Waals surface area contributed by atoms with Gasteiger partial charge in [-0.25, -0.2) is 9.97 Å². The highest BCUT2D eigenvalue weighted by Gasteiger charge is 2.50. The molecule has 4 atom stereocenters. The van der Waals surface area contributed by atoms with Gasteiger partial charge in [-0.3, -0.25) is 9.36 Å². The van der Waals surface area contributed by atoms with Crippen molar-refractivity contribution >= 4 is 34.6 Å². The molecule has 176 valence electrons. The van der Waals surface area contributed by atoms with Crippen molar-refractivity contribution in [2.75, 3.05) is 23.4 Å². The topological polar surface area (TPSA) is 156 Å². The SMILES string of the molecule is NC(CCSCC1OCC(O)(n2cnc3c(NC4CCCCC4)nccc32)C1O)C(=O)O. The summed E-state index contributed by atoms with van der Waals surface area (Å²) in [4.78, 5) is 19.7. The molecule has 2 fully saturated rings. The molecule has 2 aliphatic rings. The number of pyridine rings is 1. The first-order chi connectivity index (χ1) is 15.4. The van der Waals surface area contributed by atoms with Gasteiger partial charge < -0.3 is 31.1 Å². The predicted molar refractivity (Wildman–Crippen MR) is 122 cm³/mol. The van der Waals surface area contributed by atoms with Crippen LogP contribution in [-0.4, -0.2) is 78.2 Å². The maximum atomic E-state index is 11.3. The van der Waals surface area contributed by atoms with Crippen molar-refractivity contribution < 1.29 is 24.9 Å². The summed E-state index contributed by atoms with van der Waals surface area (Å²) in [5, 5.41) is 34.5. The number of aliphatic hydroxyl groups excluding tert-OH is 1. The first-order valence-electron chi connectivity index (χ1n) is 11.1. The highest BCUT2D eigenvalue weighted by atomic mass is 32.2. The summed E-state index contributed by atoms with van der Waals surface area (Å²) in [7, 11) is 0. The number of thioether (sulfide) groups is 1. The molecule has 0 aromatic carbocycles. The summed E-state index contributed by atoms with van der Waals surface area (Å²) >= 11 is 1.44. The van der Waals surface area contributed by atoms with Crippen molar-refractivity contribution in [1.82, 2.24) is 14.5 Å². The molecular weight excluding hydrogens is 434 g/mol. The van der Waals surface area contributed by atoms with Gasteiger partial charge in [-0.05, 0) is 31.1 Å². The lowest BCUT2D eigenvalue weighted by Gasteiger charge is -2.28. The number of aliphatic carboxylic acids is 1. The van der Waals surface area contributed by atoms with Crippen molar-refractivity contribution in [2.45, 2.75) is 68.5 Å². The van der Waals surface area contributed by atoms with Crippen LogP contribution in [0.2, 0.25) is 0 Å². The van der Waals surface area contributed by atoms with E-state index in [2.05, 4.69) is 15.3 Å². The van der Waals surface area contributed by atoms with Gasteiger partial charge in [-0.2, -0.15) is 11.8 Å². The van der Waals surface area contributed by atoms with E-state index < -0.39 is 29.9 Å². The molecule has 0 spiro atoms. The van der Waals surface area contributed by atoms with Crippen LogP contribution in [0.15, 0.2) is 18.6 Å². The fraction of sp³-hybridized carbons (Fsp3) is 0.667. The van der Waals surface area contributed by atoms with Gasteiger partial charge >= 0.3 is 5.97 Å². The van der Waals surface area contributed by atoms with Gasteiger partial charge in [0.1, 0.15) is 17.7 Å². The van der Waals surface area contributed by atoms with Crippen LogP contribution in [0.25, 0.3) is 11.0 Å². The summed E-state index contributed by atoms with van der Waals surface area (Å²) in [5.41, 5.74) is 5.19. The molecule has 1 saturated carbocycles. The summed E-state index contributed by atoms with van der Waals surface area (Å²) in [6.07, 6.45) is 7.64. The van der Waals surface area contributed by atoms with Crippen molar-refractivity contribution in [3.8, 4) is 0 Å². The molecule has 2 aromatic heterocycles. The number of carbonyl (C=O) groups is 1. The fourth-order valence-corrected chi connectivity index (χ4v) is 5.48. The monoisotopic (exact) mass is 465 g/mol. The number of fused-ring (bicyclic) bond motifs is 1. The van der Waals surface area contributed by atoms with Crippen molar-refractivity contribution in [1.29, 1.82) is 0 Å². The summed E-state index contributed by atoms with van der Waals surface area (Å²) in [5.74, 6) is 0.593. The Bertz CT molecular complexity index is 936. The number of nitrogens with two attached hydrogens (primary N) is 1. The lowest BCUT2D eigenvalue weighted by molar-refractivity contribution is -0.138. The van der Waals surface area contributed by atoms with Crippen molar-refractivity contribution in [3.63, 3.8) is 0 Å². The largest absolute Gasteiger partial charge is 0.480 e. The number of nitrogens with one attached hydrogen (secondary N) is 1. The van der Waals surface area contributed by atoms with E-state index in [1.165, 1.54) is 37.4 Å². The number of carboxylic acid groups (broad SMARTS) is 1. The number of carboxylic acids is 1. The number of ether oxygens (including phenoxy) is 1. The van der Waals surface area contributed by atoms with Crippen LogP contribution in [0.3, 0.4) is 0 Å². The van der Waals surface area contributed by atoms with E-state index in [4.69, 9.17) is 15.6 Å². The average Bonchev–Trinajstić information content (AvgIpc) is 3.35. The molecule has 6 N–H and O–H groups in total. The van der Waals surface area contributed by atoms with Crippen LogP contribution in [0, 0.1) is 0 Å². The molecule has 0 radical (unpaired) electrons. The molecule has 1 aliphatic heterocycles. The van der Waals surface area contributed by atoms with Crippen LogP contribution in [0.5, 0.6) is 0 Å². The number of nitrogens with zero attached hydrogens (tertiary/aromatic N) is 3. The number of aliphatic hydroxyl groups is 2. The van der Waals surface area contributed by atoms with E-state index in [1.54, 1.807) is 16.8 Å². The minimum Gasteiger partial charge on any atom is -0.480 e. The van der Waals surface area contributed by atoms with Gasteiger partial charge in [-0.15, -0.1) is 0 Å². The molecule has 2 aromatic rings. The van der Waals surface area contributed by atoms with Crippen LogP contribution >= 0.6 is 11.8 Å². The van der Waals surface area contributed by atoms with Crippen molar-refractivity contribution in [3.05, 3.63) is 18.6 Å². The number of anilines is 1. The summed E-state index contributed by atoms with van der Waals surface area (Å²) in [6.45, 7) is -0.0762. The maximum absolute atomic E-state index is 11.3. The number of imidazole rings is 1.